The topological polar surface area (TPSA) is 86.8 Å². The summed E-state index contributed by atoms with van der Waals surface area (Å²) in [4.78, 5) is 19.1. The number of aryl methyl sites for hydroxylation is 3. The van der Waals surface area contributed by atoms with E-state index in [1.165, 1.54) is 0 Å². The highest BCUT2D eigenvalue weighted by Crippen LogP contribution is 2.34. The Balaban J connectivity index is 0.00000289. The van der Waals surface area contributed by atoms with Crippen molar-refractivity contribution in [2.24, 2.45) is 0 Å². The van der Waals surface area contributed by atoms with Crippen LogP contribution < -0.4 is 10.2 Å². The summed E-state index contributed by atoms with van der Waals surface area (Å²) in [6.45, 7) is 4.64. The highest BCUT2D eigenvalue weighted by molar-refractivity contribution is 6.04. The molecule has 7 heteroatoms. The summed E-state index contributed by atoms with van der Waals surface area (Å²) in [7, 11) is 1.97. The van der Waals surface area contributed by atoms with Crippen LogP contribution >= 0.6 is 0 Å². The second kappa shape index (κ2) is 9.65. The van der Waals surface area contributed by atoms with Crippen LogP contribution in [0.15, 0.2) is 42.7 Å². The molecule has 0 saturated carbocycles. The molecule has 1 atom stereocenters. The van der Waals surface area contributed by atoms with Crippen LogP contribution in [-0.4, -0.2) is 33.8 Å². The number of anilines is 2. The van der Waals surface area contributed by atoms with Gasteiger partial charge in [-0.3, -0.25) is 14.5 Å². The first kappa shape index (κ1) is 23.0. The highest BCUT2D eigenvalue weighted by Gasteiger charge is 2.30. The molecule has 32 heavy (non-hydrogen) atoms. The standard InChI is InChI=1S/C24H26N6O.CH4/c1-4-21-24(31)28-23-16(2)27-20(11-22(23)29(21)3)10-9-19-13-26-30(15-19)14-18-7-5-17(12-25)6-8-18;/h5-8,11,13,15,21H,4,9-10,14H2,1-3H3,(H,28,31);1H4/t21-;/m0./s1. The molecule has 0 fully saturated rings. The van der Waals surface area contributed by atoms with Gasteiger partial charge in [0.15, 0.2) is 0 Å². The average Bonchev–Trinajstić information content (AvgIpc) is 3.21. The summed E-state index contributed by atoms with van der Waals surface area (Å²) in [5.41, 5.74) is 6.62. The molecular formula is C25H30N6O. The number of nitriles is 1. The Kier molecular flexibility index (Phi) is 6.94. The summed E-state index contributed by atoms with van der Waals surface area (Å²) in [6, 6.07) is 11.6. The summed E-state index contributed by atoms with van der Waals surface area (Å²) in [5.74, 6) is 0.0322. The van der Waals surface area contributed by atoms with Crippen LogP contribution in [0, 0.1) is 18.3 Å². The van der Waals surface area contributed by atoms with Gasteiger partial charge in [0.25, 0.3) is 0 Å². The quantitative estimate of drug-likeness (QED) is 0.636. The number of aromatic nitrogens is 3. The van der Waals surface area contributed by atoms with Crippen LogP contribution in [0.1, 0.15) is 48.8 Å². The zero-order chi connectivity index (χ0) is 22.0. The van der Waals surface area contributed by atoms with Gasteiger partial charge in [0.2, 0.25) is 5.91 Å². The molecule has 3 aromatic rings. The van der Waals surface area contributed by atoms with Gasteiger partial charge >= 0.3 is 0 Å². The Morgan fingerprint density at radius 3 is 2.62 bits per heavy atom. The van der Waals surface area contributed by atoms with E-state index in [9.17, 15) is 4.79 Å². The molecule has 1 amide bonds. The molecule has 0 radical (unpaired) electrons. The molecule has 0 spiro atoms. The van der Waals surface area contributed by atoms with Crippen LogP contribution in [0.3, 0.4) is 0 Å². The number of hydrogen-bond donors (Lipinski definition) is 1. The highest BCUT2D eigenvalue weighted by atomic mass is 16.2. The summed E-state index contributed by atoms with van der Waals surface area (Å²) < 4.78 is 1.91. The molecule has 0 unspecified atom stereocenters. The number of fused-ring (bicyclic) bond motifs is 1. The van der Waals surface area contributed by atoms with E-state index in [2.05, 4.69) is 33.6 Å². The molecule has 1 aromatic carbocycles. The lowest BCUT2D eigenvalue weighted by Gasteiger charge is -2.35. The van der Waals surface area contributed by atoms with E-state index >= 15 is 0 Å². The van der Waals surface area contributed by atoms with Crippen molar-refractivity contribution in [1.29, 1.82) is 5.26 Å². The van der Waals surface area contributed by atoms with Gasteiger partial charge in [-0.2, -0.15) is 10.4 Å². The maximum atomic E-state index is 12.3. The molecule has 3 heterocycles. The Morgan fingerprint density at radius 2 is 1.94 bits per heavy atom. The largest absolute Gasteiger partial charge is 0.361 e. The van der Waals surface area contributed by atoms with Crippen LogP contribution in [0.25, 0.3) is 0 Å². The van der Waals surface area contributed by atoms with Gasteiger partial charge in [-0.1, -0.05) is 26.5 Å². The SMILES string of the molecule is C.CC[C@H]1C(=O)Nc2c(cc(CCc3cnn(Cc4ccc(C#N)cc4)c3)nc2C)N1C. The molecule has 0 aliphatic carbocycles. The first-order chi connectivity index (χ1) is 15.0. The van der Waals surface area contributed by atoms with Gasteiger partial charge in [-0.05, 0) is 55.5 Å². The van der Waals surface area contributed by atoms with E-state index < -0.39 is 0 Å². The van der Waals surface area contributed by atoms with E-state index in [0.29, 0.717) is 12.1 Å². The van der Waals surface area contributed by atoms with E-state index in [1.807, 2.05) is 56.0 Å². The van der Waals surface area contributed by atoms with Crippen molar-refractivity contribution < 1.29 is 4.79 Å². The van der Waals surface area contributed by atoms with Gasteiger partial charge < -0.3 is 10.2 Å². The van der Waals surface area contributed by atoms with Crippen LogP contribution in [0.2, 0.25) is 0 Å². The van der Waals surface area contributed by atoms with Crippen LogP contribution in [-0.2, 0) is 24.2 Å². The van der Waals surface area contributed by atoms with Crippen LogP contribution in [0.4, 0.5) is 11.4 Å². The number of carbonyl (C=O) groups excluding carboxylic acids is 1. The Hall–Kier alpha value is -3.66. The Bertz CT molecular complexity index is 1140. The number of pyridine rings is 1. The summed E-state index contributed by atoms with van der Waals surface area (Å²) in [6.07, 6.45) is 6.36. The number of likely N-dealkylation sites (N-methyl/N-ethyl adjacent to an activating group) is 1. The summed E-state index contributed by atoms with van der Waals surface area (Å²) in [5, 5.41) is 16.4. The van der Waals surface area contributed by atoms with Crippen molar-refractivity contribution in [1.82, 2.24) is 14.8 Å². The maximum absolute atomic E-state index is 12.3. The maximum Gasteiger partial charge on any atom is 0.247 e. The normalized spacial score (nSPS) is 14.9. The van der Waals surface area contributed by atoms with Gasteiger partial charge in [-0.25, -0.2) is 0 Å². The lowest BCUT2D eigenvalue weighted by Crippen LogP contribution is -2.46. The van der Waals surface area contributed by atoms with Crippen molar-refractivity contribution >= 4 is 17.3 Å². The third-order valence-corrected chi connectivity index (χ3v) is 5.80. The first-order valence-electron chi connectivity index (χ1n) is 10.5. The van der Waals surface area contributed by atoms with Gasteiger partial charge in [-0.15, -0.1) is 0 Å². The Morgan fingerprint density at radius 1 is 1.19 bits per heavy atom. The van der Waals surface area contributed by atoms with E-state index in [4.69, 9.17) is 10.2 Å². The molecule has 0 saturated heterocycles. The third-order valence-electron chi connectivity index (χ3n) is 5.80. The molecule has 1 N–H and O–H groups in total. The van der Waals surface area contributed by atoms with Crippen molar-refractivity contribution in [2.75, 3.05) is 17.3 Å². The minimum atomic E-state index is -0.150. The summed E-state index contributed by atoms with van der Waals surface area (Å²) >= 11 is 0. The number of amides is 1. The fourth-order valence-electron chi connectivity index (χ4n) is 4.06. The average molecular weight is 431 g/mol. The predicted octanol–water partition coefficient (Wildman–Crippen LogP) is 4.09. The number of nitrogens with one attached hydrogen (secondary N) is 1. The number of carbonyl (C=O) groups is 1. The molecule has 0 bridgehead atoms. The monoisotopic (exact) mass is 430 g/mol. The van der Waals surface area contributed by atoms with E-state index in [-0.39, 0.29) is 19.4 Å². The van der Waals surface area contributed by atoms with Crippen molar-refractivity contribution in [3.8, 4) is 6.07 Å². The zero-order valence-electron chi connectivity index (χ0n) is 18.1. The number of benzene rings is 1. The van der Waals surface area contributed by atoms with E-state index in [1.54, 1.807) is 0 Å². The lowest BCUT2D eigenvalue weighted by atomic mass is 10.0. The minimum absolute atomic E-state index is 0. The molecule has 1 aliphatic heterocycles. The van der Waals surface area contributed by atoms with Crippen molar-refractivity contribution in [3.05, 3.63) is 70.8 Å². The third kappa shape index (κ3) is 4.65. The predicted molar refractivity (Wildman–Crippen MR) is 127 cm³/mol. The lowest BCUT2D eigenvalue weighted by molar-refractivity contribution is -0.117. The molecule has 166 valence electrons. The Labute approximate surface area is 189 Å². The number of rotatable bonds is 6. The number of hydrogen-bond acceptors (Lipinski definition) is 5. The second-order valence-corrected chi connectivity index (χ2v) is 7.97. The minimum Gasteiger partial charge on any atom is -0.361 e. The molecule has 4 rings (SSSR count). The number of nitrogens with zero attached hydrogens (tertiary/aromatic N) is 5. The zero-order valence-corrected chi connectivity index (χ0v) is 18.1. The van der Waals surface area contributed by atoms with Gasteiger partial charge in [0, 0.05) is 18.9 Å². The van der Waals surface area contributed by atoms with E-state index in [0.717, 1.165) is 53.2 Å². The fraction of sp³-hybridized carbons (Fsp3) is 0.360. The molecular weight excluding hydrogens is 400 g/mol. The molecule has 1 aliphatic rings. The molecule has 7 nitrogen and oxygen atoms in total. The van der Waals surface area contributed by atoms with Gasteiger partial charge in [0.1, 0.15) is 6.04 Å². The van der Waals surface area contributed by atoms with Crippen LogP contribution in [0.5, 0.6) is 0 Å². The van der Waals surface area contributed by atoms with Crippen molar-refractivity contribution in [3.63, 3.8) is 0 Å². The smallest absolute Gasteiger partial charge is 0.247 e. The molecule has 2 aromatic heterocycles. The van der Waals surface area contributed by atoms with Gasteiger partial charge in [0.05, 0.1) is 41.4 Å². The second-order valence-electron chi connectivity index (χ2n) is 7.97. The first-order valence-corrected chi connectivity index (χ1v) is 10.5. The fourth-order valence-corrected chi connectivity index (χ4v) is 4.06. The van der Waals surface area contributed by atoms with Crippen molar-refractivity contribution in [2.45, 2.75) is 53.1 Å².